The van der Waals surface area contributed by atoms with E-state index in [1.165, 1.54) is 11.3 Å². The minimum Gasteiger partial charge on any atom is -0.288 e. The summed E-state index contributed by atoms with van der Waals surface area (Å²) in [6.07, 6.45) is 0. The zero-order chi connectivity index (χ0) is 9.97. The minimum absolute atomic E-state index is 0.108. The molecule has 1 aromatic heterocycles. The molecule has 1 heterocycles. The van der Waals surface area contributed by atoms with Gasteiger partial charge in [-0.15, -0.1) is 11.3 Å². The third kappa shape index (κ3) is 2.04. The van der Waals surface area contributed by atoms with Gasteiger partial charge >= 0.3 is 0 Å². The Kier molecular flexibility index (Phi) is 2.98. The van der Waals surface area contributed by atoms with E-state index in [1.54, 1.807) is 0 Å². The van der Waals surface area contributed by atoms with Crippen LogP contribution < -0.4 is 0 Å². The van der Waals surface area contributed by atoms with Crippen LogP contribution in [-0.2, 0) is 0 Å². The first kappa shape index (κ1) is 9.86. The standard InChI is InChI=1S/C11H7IOS/c12-9-5-3-8(4-6-9)11(13)10-2-1-7-14-10/h1-7H. The van der Waals surface area contributed by atoms with Crippen molar-refractivity contribution in [3.63, 3.8) is 0 Å². The van der Waals surface area contributed by atoms with Crippen molar-refractivity contribution in [2.45, 2.75) is 0 Å². The van der Waals surface area contributed by atoms with Crippen LogP contribution in [0.4, 0.5) is 0 Å². The fourth-order valence-corrected chi connectivity index (χ4v) is 2.20. The Bertz CT molecular complexity index is 431. The lowest BCUT2D eigenvalue weighted by Gasteiger charge is -1.97. The second-order valence-corrected chi connectivity index (χ2v) is 5.01. The Labute approximate surface area is 99.9 Å². The van der Waals surface area contributed by atoms with Gasteiger partial charge in [0, 0.05) is 9.13 Å². The maximum absolute atomic E-state index is 11.8. The summed E-state index contributed by atoms with van der Waals surface area (Å²) in [5.41, 5.74) is 0.757. The quantitative estimate of drug-likeness (QED) is 0.612. The van der Waals surface area contributed by atoms with E-state index in [0.29, 0.717) is 0 Å². The molecule has 0 unspecified atom stereocenters. The first-order valence-electron chi connectivity index (χ1n) is 4.11. The van der Waals surface area contributed by atoms with Gasteiger partial charge in [0.05, 0.1) is 4.88 Å². The van der Waals surface area contributed by atoms with E-state index in [2.05, 4.69) is 22.6 Å². The van der Waals surface area contributed by atoms with Gasteiger partial charge in [-0.3, -0.25) is 4.79 Å². The van der Waals surface area contributed by atoms with E-state index in [9.17, 15) is 4.79 Å². The highest BCUT2D eigenvalue weighted by molar-refractivity contribution is 14.1. The molecule has 0 aliphatic heterocycles. The van der Waals surface area contributed by atoms with Crippen LogP contribution in [0.5, 0.6) is 0 Å². The predicted molar refractivity (Wildman–Crippen MR) is 66.9 cm³/mol. The number of rotatable bonds is 2. The highest BCUT2D eigenvalue weighted by Crippen LogP contribution is 2.15. The topological polar surface area (TPSA) is 17.1 Å². The van der Waals surface area contributed by atoms with Crippen molar-refractivity contribution in [1.29, 1.82) is 0 Å². The van der Waals surface area contributed by atoms with Crippen molar-refractivity contribution in [2.75, 3.05) is 0 Å². The summed E-state index contributed by atoms with van der Waals surface area (Å²) in [4.78, 5) is 12.6. The van der Waals surface area contributed by atoms with Crippen molar-refractivity contribution in [1.82, 2.24) is 0 Å². The van der Waals surface area contributed by atoms with Crippen molar-refractivity contribution in [2.24, 2.45) is 0 Å². The molecule has 70 valence electrons. The lowest BCUT2D eigenvalue weighted by molar-refractivity contribution is 0.104. The first-order chi connectivity index (χ1) is 6.77. The normalized spacial score (nSPS) is 10.1. The number of hydrogen-bond acceptors (Lipinski definition) is 2. The molecule has 1 nitrogen and oxygen atoms in total. The molecule has 0 bridgehead atoms. The minimum atomic E-state index is 0.108. The Morgan fingerprint density at radius 1 is 1.14 bits per heavy atom. The second-order valence-electron chi connectivity index (χ2n) is 2.81. The van der Waals surface area contributed by atoms with Crippen molar-refractivity contribution in [3.8, 4) is 0 Å². The molecule has 0 radical (unpaired) electrons. The molecular formula is C11H7IOS. The molecule has 14 heavy (non-hydrogen) atoms. The fourth-order valence-electron chi connectivity index (χ4n) is 1.15. The van der Waals surface area contributed by atoms with Gasteiger partial charge in [-0.2, -0.15) is 0 Å². The highest BCUT2D eigenvalue weighted by atomic mass is 127. The van der Waals surface area contributed by atoms with Crippen LogP contribution in [0.1, 0.15) is 15.2 Å². The summed E-state index contributed by atoms with van der Waals surface area (Å²) in [6, 6.07) is 11.4. The van der Waals surface area contributed by atoms with Crippen LogP contribution in [0, 0.1) is 3.57 Å². The van der Waals surface area contributed by atoms with E-state index < -0.39 is 0 Å². The van der Waals surface area contributed by atoms with Crippen LogP contribution in [0.15, 0.2) is 41.8 Å². The van der Waals surface area contributed by atoms with Gasteiger partial charge in [-0.25, -0.2) is 0 Å². The van der Waals surface area contributed by atoms with E-state index in [0.717, 1.165) is 14.0 Å². The Balaban J connectivity index is 2.33. The number of thiophene rings is 1. The van der Waals surface area contributed by atoms with Gasteiger partial charge in [0.1, 0.15) is 0 Å². The van der Waals surface area contributed by atoms with Crippen LogP contribution in [0.25, 0.3) is 0 Å². The molecule has 0 saturated carbocycles. The van der Waals surface area contributed by atoms with Crippen molar-refractivity contribution < 1.29 is 4.79 Å². The maximum Gasteiger partial charge on any atom is 0.202 e. The maximum atomic E-state index is 11.8. The molecule has 0 spiro atoms. The molecular weight excluding hydrogens is 307 g/mol. The lowest BCUT2D eigenvalue weighted by atomic mass is 10.1. The zero-order valence-corrected chi connectivity index (χ0v) is 10.2. The molecule has 0 amide bonds. The average molecular weight is 314 g/mol. The molecule has 2 rings (SSSR count). The molecule has 0 N–H and O–H groups in total. The highest BCUT2D eigenvalue weighted by Gasteiger charge is 2.08. The summed E-state index contributed by atoms with van der Waals surface area (Å²) in [5, 5.41) is 1.92. The fraction of sp³-hybridized carbons (Fsp3) is 0. The molecule has 0 fully saturated rings. The molecule has 1 aromatic carbocycles. The van der Waals surface area contributed by atoms with Crippen molar-refractivity contribution >= 4 is 39.7 Å². The number of ketones is 1. The van der Waals surface area contributed by atoms with Gasteiger partial charge in [0.2, 0.25) is 5.78 Å². The average Bonchev–Trinajstić information content (AvgIpc) is 2.71. The molecule has 2 aromatic rings. The summed E-state index contributed by atoms with van der Waals surface area (Å²) >= 11 is 3.70. The Morgan fingerprint density at radius 2 is 1.86 bits per heavy atom. The summed E-state index contributed by atoms with van der Waals surface area (Å²) in [5.74, 6) is 0.108. The molecule has 3 heteroatoms. The number of hydrogen-bond donors (Lipinski definition) is 0. The third-order valence-corrected chi connectivity index (χ3v) is 3.44. The van der Waals surface area contributed by atoms with Gasteiger partial charge in [-0.05, 0) is 58.3 Å². The van der Waals surface area contributed by atoms with E-state index >= 15 is 0 Å². The molecule has 0 saturated heterocycles. The lowest BCUT2D eigenvalue weighted by Crippen LogP contribution is -1.97. The number of carbonyl (C=O) groups is 1. The molecule has 0 atom stereocenters. The predicted octanol–water partition coefficient (Wildman–Crippen LogP) is 3.58. The summed E-state index contributed by atoms with van der Waals surface area (Å²) < 4.78 is 1.14. The third-order valence-electron chi connectivity index (χ3n) is 1.85. The molecule has 0 aliphatic carbocycles. The zero-order valence-electron chi connectivity index (χ0n) is 7.24. The number of carbonyl (C=O) groups excluding carboxylic acids is 1. The van der Waals surface area contributed by atoms with Crippen LogP contribution in [0.2, 0.25) is 0 Å². The smallest absolute Gasteiger partial charge is 0.202 e. The van der Waals surface area contributed by atoms with Gasteiger partial charge < -0.3 is 0 Å². The first-order valence-corrected chi connectivity index (χ1v) is 6.07. The van der Waals surface area contributed by atoms with Crippen molar-refractivity contribution in [3.05, 3.63) is 55.8 Å². The number of halogens is 1. The SMILES string of the molecule is O=C(c1ccc(I)cc1)c1cccs1. The van der Waals surface area contributed by atoms with Crippen LogP contribution in [-0.4, -0.2) is 5.78 Å². The van der Waals surface area contributed by atoms with Gasteiger partial charge in [0.15, 0.2) is 0 Å². The summed E-state index contributed by atoms with van der Waals surface area (Å²) in [6.45, 7) is 0. The second kappa shape index (κ2) is 4.23. The van der Waals surface area contributed by atoms with Crippen LogP contribution in [0.3, 0.4) is 0 Å². The summed E-state index contributed by atoms with van der Waals surface area (Å²) in [7, 11) is 0. The monoisotopic (exact) mass is 314 g/mol. The Morgan fingerprint density at radius 3 is 2.43 bits per heavy atom. The Hall–Kier alpha value is -0.680. The van der Waals surface area contributed by atoms with E-state index in [-0.39, 0.29) is 5.78 Å². The van der Waals surface area contributed by atoms with Gasteiger partial charge in [0.25, 0.3) is 0 Å². The largest absolute Gasteiger partial charge is 0.288 e. The van der Waals surface area contributed by atoms with E-state index in [1.807, 2.05) is 41.8 Å². The van der Waals surface area contributed by atoms with Crippen LogP contribution >= 0.6 is 33.9 Å². The van der Waals surface area contributed by atoms with E-state index in [4.69, 9.17) is 0 Å². The van der Waals surface area contributed by atoms with Gasteiger partial charge in [-0.1, -0.05) is 6.07 Å². The number of benzene rings is 1. The molecule has 0 aliphatic rings.